The fourth-order valence-corrected chi connectivity index (χ4v) is 8.24. The fourth-order valence-electron chi connectivity index (χ4n) is 6.99. The van der Waals surface area contributed by atoms with Crippen molar-refractivity contribution in [1.29, 1.82) is 0 Å². The van der Waals surface area contributed by atoms with Gasteiger partial charge in [-0.25, -0.2) is 0 Å². The average Bonchev–Trinajstić information content (AvgIpc) is 2.94. The zero-order valence-electron chi connectivity index (χ0n) is 26.8. The Morgan fingerprint density at radius 1 is 0.976 bits per heavy atom. The molecule has 1 aliphatic carbocycles. The zero-order chi connectivity index (χ0) is 30.7. The van der Waals surface area contributed by atoms with Crippen molar-refractivity contribution >= 4 is 20.3 Å². The molecule has 2 aromatic carbocycles. The van der Waals surface area contributed by atoms with Gasteiger partial charge in [-0.2, -0.15) is 0 Å². The van der Waals surface area contributed by atoms with Gasteiger partial charge in [0.1, 0.15) is 6.10 Å². The number of benzene rings is 2. The largest absolute Gasteiger partial charge is 0.469 e. The van der Waals surface area contributed by atoms with Crippen LogP contribution in [0.2, 0.25) is 18.1 Å². The molecule has 7 heteroatoms. The monoisotopic (exact) mass is 593 g/mol. The number of esters is 2. The maximum atomic E-state index is 12.5. The van der Waals surface area contributed by atoms with Crippen molar-refractivity contribution < 1.29 is 23.5 Å². The molecule has 0 amide bonds. The lowest BCUT2D eigenvalue weighted by Gasteiger charge is -2.57. The molecule has 0 radical (unpaired) electrons. The summed E-state index contributed by atoms with van der Waals surface area (Å²) in [5.41, 5.74) is 2.34. The summed E-state index contributed by atoms with van der Waals surface area (Å²) in [6, 6.07) is 21.4. The highest BCUT2D eigenvalue weighted by Gasteiger charge is 2.52. The molecule has 42 heavy (non-hydrogen) atoms. The molecule has 2 aromatic rings. The first-order chi connectivity index (χ1) is 19.8. The zero-order valence-corrected chi connectivity index (χ0v) is 27.8. The quantitative estimate of drug-likeness (QED) is 0.218. The highest BCUT2D eigenvalue weighted by atomic mass is 28.4. The van der Waals surface area contributed by atoms with Gasteiger partial charge in [0.15, 0.2) is 8.32 Å². The molecule has 0 N–H and O–H groups in total. The van der Waals surface area contributed by atoms with Gasteiger partial charge in [0, 0.05) is 25.4 Å². The third-order valence-corrected chi connectivity index (χ3v) is 14.6. The third-order valence-electron chi connectivity index (χ3n) is 10.1. The molecule has 230 valence electrons. The van der Waals surface area contributed by atoms with E-state index in [9.17, 15) is 9.59 Å². The second-order valence-electron chi connectivity index (χ2n) is 13.8. The molecular formula is C35H51NO5Si. The van der Waals surface area contributed by atoms with Gasteiger partial charge < -0.3 is 13.9 Å². The van der Waals surface area contributed by atoms with E-state index in [2.05, 4.69) is 106 Å². The Hall–Kier alpha value is -2.48. The molecule has 2 fully saturated rings. The van der Waals surface area contributed by atoms with E-state index in [1.807, 2.05) is 0 Å². The highest BCUT2D eigenvalue weighted by molar-refractivity contribution is 6.74. The SMILES string of the molecule is COC(=O)C[C@H]1CCC[C@@H]2[C@H]1C[C@H](OC(C)=O)[C@@H](C)N2[C@H](c1ccccc1)[C@@H](O[Si](C)(C)C(C)(C)C)c1ccccc1. The number of fused-ring (bicyclic) bond motifs is 1. The van der Waals surface area contributed by atoms with Crippen LogP contribution in [0.25, 0.3) is 0 Å². The first-order valence-corrected chi connectivity index (χ1v) is 18.5. The van der Waals surface area contributed by atoms with Crippen LogP contribution in [0.15, 0.2) is 60.7 Å². The highest BCUT2D eigenvalue weighted by Crippen LogP contribution is 2.51. The van der Waals surface area contributed by atoms with E-state index >= 15 is 0 Å². The van der Waals surface area contributed by atoms with Gasteiger partial charge in [0.2, 0.25) is 0 Å². The van der Waals surface area contributed by atoms with Gasteiger partial charge in [0.25, 0.3) is 0 Å². The lowest BCUT2D eigenvalue weighted by molar-refractivity contribution is -0.168. The number of ether oxygens (including phenoxy) is 2. The van der Waals surface area contributed by atoms with E-state index in [1.165, 1.54) is 19.6 Å². The standard InChI is InChI=1S/C35H51NO5Si/c1-24-31(40-25(2)37)23-29-28(22-32(38)39-6)20-15-21-30(29)36(24)33(26-16-11-9-12-17-26)34(27-18-13-10-14-19-27)41-42(7,8)35(3,4)5/h9-14,16-19,24,28-31,33-34H,15,20-23H2,1-8H3/t24-,28-,29+,30-,31+,33-,34+/m1/s1. The Balaban J connectivity index is 1.89. The molecule has 0 unspecified atom stereocenters. The molecule has 1 saturated heterocycles. The normalized spacial score (nSPS) is 26.5. The molecule has 0 spiro atoms. The molecule has 1 saturated carbocycles. The van der Waals surface area contributed by atoms with Crippen LogP contribution in [-0.4, -0.2) is 50.5 Å². The van der Waals surface area contributed by atoms with Crippen molar-refractivity contribution in [2.24, 2.45) is 11.8 Å². The van der Waals surface area contributed by atoms with Crippen LogP contribution < -0.4 is 0 Å². The van der Waals surface area contributed by atoms with Gasteiger partial charge >= 0.3 is 11.9 Å². The van der Waals surface area contributed by atoms with Crippen molar-refractivity contribution in [2.75, 3.05) is 7.11 Å². The van der Waals surface area contributed by atoms with Gasteiger partial charge in [-0.15, -0.1) is 0 Å². The van der Waals surface area contributed by atoms with E-state index in [4.69, 9.17) is 13.9 Å². The molecule has 7 atom stereocenters. The Morgan fingerprint density at radius 3 is 2.12 bits per heavy atom. The summed E-state index contributed by atoms with van der Waals surface area (Å²) < 4.78 is 18.6. The maximum Gasteiger partial charge on any atom is 0.305 e. The molecular weight excluding hydrogens is 542 g/mol. The minimum Gasteiger partial charge on any atom is -0.469 e. The lowest BCUT2D eigenvalue weighted by Crippen LogP contribution is -2.61. The van der Waals surface area contributed by atoms with Gasteiger partial charge in [-0.1, -0.05) is 87.9 Å². The van der Waals surface area contributed by atoms with Crippen LogP contribution in [0.1, 0.15) is 90.0 Å². The number of rotatable bonds is 9. The summed E-state index contributed by atoms with van der Waals surface area (Å²) in [7, 11) is -0.766. The van der Waals surface area contributed by atoms with Crippen LogP contribution in [0.5, 0.6) is 0 Å². The second-order valence-corrected chi connectivity index (χ2v) is 18.6. The molecule has 0 bridgehead atoms. The Bertz CT molecular complexity index is 1180. The van der Waals surface area contributed by atoms with Gasteiger partial charge in [-0.3, -0.25) is 14.5 Å². The van der Waals surface area contributed by atoms with Crippen LogP contribution >= 0.6 is 0 Å². The van der Waals surface area contributed by atoms with E-state index in [0.29, 0.717) is 6.42 Å². The van der Waals surface area contributed by atoms with E-state index in [1.54, 1.807) is 0 Å². The summed E-state index contributed by atoms with van der Waals surface area (Å²) in [5, 5.41) is 0.0219. The van der Waals surface area contributed by atoms with Crippen LogP contribution in [0.3, 0.4) is 0 Å². The number of piperidine rings is 1. The molecule has 4 rings (SSSR count). The Kier molecular flexibility index (Phi) is 10.4. The Labute approximate surface area is 254 Å². The van der Waals surface area contributed by atoms with Crippen molar-refractivity contribution in [3.63, 3.8) is 0 Å². The number of nitrogens with zero attached hydrogens (tertiary/aromatic N) is 1. The van der Waals surface area contributed by atoms with Crippen molar-refractivity contribution in [3.8, 4) is 0 Å². The maximum absolute atomic E-state index is 12.5. The van der Waals surface area contributed by atoms with Crippen molar-refractivity contribution in [3.05, 3.63) is 71.8 Å². The Morgan fingerprint density at radius 2 is 1.57 bits per heavy atom. The first-order valence-electron chi connectivity index (χ1n) is 15.6. The van der Waals surface area contributed by atoms with Crippen LogP contribution in [-0.2, 0) is 23.5 Å². The predicted molar refractivity (Wildman–Crippen MR) is 169 cm³/mol. The van der Waals surface area contributed by atoms with Crippen LogP contribution in [0, 0.1) is 11.8 Å². The number of methoxy groups -OCH3 is 1. The molecule has 0 aromatic heterocycles. The van der Waals surface area contributed by atoms with E-state index in [-0.39, 0.29) is 59.1 Å². The number of hydrogen-bond acceptors (Lipinski definition) is 6. The smallest absolute Gasteiger partial charge is 0.305 e. The number of hydrogen-bond donors (Lipinski definition) is 0. The fraction of sp³-hybridized carbons (Fsp3) is 0.600. The molecule has 1 heterocycles. The molecule has 1 aliphatic heterocycles. The topological polar surface area (TPSA) is 65.1 Å². The predicted octanol–water partition coefficient (Wildman–Crippen LogP) is 7.86. The first kappa shape index (κ1) is 32.4. The van der Waals surface area contributed by atoms with Gasteiger partial charge in [-0.05, 0) is 67.3 Å². The molecule has 6 nitrogen and oxygen atoms in total. The lowest BCUT2D eigenvalue weighted by atomic mass is 9.67. The summed E-state index contributed by atoms with van der Waals surface area (Å²) in [5.74, 6) is -0.0528. The van der Waals surface area contributed by atoms with Gasteiger partial charge in [0.05, 0.1) is 19.3 Å². The summed E-state index contributed by atoms with van der Waals surface area (Å²) in [4.78, 5) is 27.5. The minimum atomic E-state index is -2.23. The average molecular weight is 594 g/mol. The van der Waals surface area contributed by atoms with Crippen molar-refractivity contribution in [2.45, 2.75) is 115 Å². The summed E-state index contributed by atoms with van der Waals surface area (Å²) in [6.07, 6.45) is 3.70. The third kappa shape index (κ3) is 7.17. The summed E-state index contributed by atoms with van der Waals surface area (Å²) >= 11 is 0. The number of likely N-dealkylation sites (tertiary alicyclic amines) is 1. The van der Waals surface area contributed by atoms with Crippen molar-refractivity contribution in [1.82, 2.24) is 4.90 Å². The van der Waals surface area contributed by atoms with Crippen LogP contribution in [0.4, 0.5) is 0 Å². The number of carbonyl (C=O) groups excluding carboxylic acids is 2. The second kappa shape index (κ2) is 13.4. The molecule has 2 aliphatic rings. The minimum absolute atomic E-state index is 0.0219. The number of carbonyl (C=O) groups is 2. The summed E-state index contributed by atoms with van der Waals surface area (Å²) in [6.45, 7) is 15.2. The van der Waals surface area contributed by atoms with E-state index < -0.39 is 8.32 Å². The van der Waals surface area contributed by atoms with E-state index in [0.717, 1.165) is 31.2 Å².